The molecule has 1 amide bonds. The van der Waals surface area contributed by atoms with Gasteiger partial charge in [-0.05, 0) is 24.3 Å². The third kappa shape index (κ3) is 2.01. The van der Waals surface area contributed by atoms with Gasteiger partial charge in [0.1, 0.15) is 5.82 Å². The fourth-order valence-corrected chi connectivity index (χ4v) is 1.15. The fraction of sp³-hybridized carbons (Fsp3) is 0. The zero-order valence-corrected chi connectivity index (χ0v) is 7.61. The topological polar surface area (TPSA) is 55.1 Å². The molecule has 4 nitrogen and oxygen atoms in total. The minimum Gasteiger partial charge on any atom is -0.354 e. The summed E-state index contributed by atoms with van der Waals surface area (Å²) in [7, 11) is 0. The first-order valence-corrected chi connectivity index (χ1v) is 4.22. The Morgan fingerprint density at radius 3 is 2.73 bits per heavy atom. The predicted molar refractivity (Wildman–Crippen MR) is 51.6 cm³/mol. The lowest BCUT2D eigenvalue weighted by Crippen LogP contribution is -1.92. The first-order valence-electron chi connectivity index (χ1n) is 4.22. The van der Waals surface area contributed by atoms with Gasteiger partial charge in [-0.1, -0.05) is 5.16 Å². The van der Waals surface area contributed by atoms with Crippen molar-refractivity contribution in [3.63, 3.8) is 0 Å². The molecule has 1 N–H and O–H groups in total. The fourth-order valence-electron chi connectivity index (χ4n) is 1.15. The summed E-state index contributed by atoms with van der Waals surface area (Å²) in [4.78, 5) is 10.1. The van der Waals surface area contributed by atoms with Crippen LogP contribution in [0.1, 0.15) is 0 Å². The van der Waals surface area contributed by atoms with E-state index in [0.29, 0.717) is 23.6 Å². The van der Waals surface area contributed by atoms with Crippen LogP contribution in [0.4, 0.5) is 10.2 Å². The first kappa shape index (κ1) is 9.39. The zero-order valence-electron chi connectivity index (χ0n) is 7.61. The maximum Gasteiger partial charge on any atom is 0.212 e. The summed E-state index contributed by atoms with van der Waals surface area (Å²) < 4.78 is 17.6. The SMILES string of the molecule is O=CNc1cc(-c2ccc(F)cc2)on1. The van der Waals surface area contributed by atoms with Crippen LogP contribution in [-0.4, -0.2) is 11.6 Å². The maximum absolute atomic E-state index is 12.6. The van der Waals surface area contributed by atoms with Crippen LogP contribution < -0.4 is 5.32 Å². The number of benzene rings is 1. The van der Waals surface area contributed by atoms with E-state index in [0.717, 1.165) is 0 Å². The second-order valence-electron chi connectivity index (χ2n) is 2.85. The predicted octanol–water partition coefficient (Wildman–Crippen LogP) is 2.05. The number of rotatable bonds is 3. The molecule has 15 heavy (non-hydrogen) atoms. The maximum atomic E-state index is 12.6. The summed E-state index contributed by atoms with van der Waals surface area (Å²) in [6.07, 6.45) is 0.506. The highest BCUT2D eigenvalue weighted by Gasteiger charge is 2.05. The van der Waals surface area contributed by atoms with E-state index in [-0.39, 0.29) is 5.82 Å². The number of hydrogen-bond acceptors (Lipinski definition) is 3. The molecule has 1 aromatic carbocycles. The van der Waals surface area contributed by atoms with Crippen molar-refractivity contribution in [2.24, 2.45) is 0 Å². The van der Waals surface area contributed by atoms with E-state index in [4.69, 9.17) is 4.52 Å². The molecular weight excluding hydrogens is 199 g/mol. The second-order valence-corrected chi connectivity index (χ2v) is 2.85. The molecule has 0 aliphatic carbocycles. The summed E-state index contributed by atoms with van der Waals surface area (Å²) in [6.45, 7) is 0. The van der Waals surface area contributed by atoms with Crippen LogP contribution in [-0.2, 0) is 4.79 Å². The molecule has 0 fully saturated rings. The lowest BCUT2D eigenvalue weighted by Gasteiger charge is -1.93. The zero-order chi connectivity index (χ0) is 10.7. The van der Waals surface area contributed by atoms with Gasteiger partial charge in [0, 0.05) is 11.6 Å². The van der Waals surface area contributed by atoms with Crippen LogP contribution in [0.2, 0.25) is 0 Å². The van der Waals surface area contributed by atoms with E-state index in [1.54, 1.807) is 18.2 Å². The molecule has 0 radical (unpaired) electrons. The van der Waals surface area contributed by atoms with Crippen molar-refractivity contribution >= 4 is 12.2 Å². The van der Waals surface area contributed by atoms with Crippen LogP contribution in [0.25, 0.3) is 11.3 Å². The van der Waals surface area contributed by atoms with E-state index >= 15 is 0 Å². The summed E-state index contributed by atoms with van der Waals surface area (Å²) in [5, 5.41) is 5.94. The Morgan fingerprint density at radius 1 is 1.33 bits per heavy atom. The van der Waals surface area contributed by atoms with E-state index in [9.17, 15) is 9.18 Å². The lowest BCUT2D eigenvalue weighted by atomic mass is 10.2. The summed E-state index contributed by atoms with van der Waals surface area (Å²) >= 11 is 0. The highest BCUT2D eigenvalue weighted by Crippen LogP contribution is 2.22. The second kappa shape index (κ2) is 3.91. The Labute approximate surface area is 84.7 Å². The number of nitrogens with one attached hydrogen (secondary N) is 1. The molecule has 0 aliphatic rings. The van der Waals surface area contributed by atoms with Crippen LogP contribution in [0.5, 0.6) is 0 Å². The quantitative estimate of drug-likeness (QED) is 0.782. The number of nitrogens with zero attached hydrogens (tertiary/aromatic N) is 1. The molecule has 0 saturated heterocycles. The molecule has 5 heteroatoms. The van der Waals surface area contributed by atoms with Gasteiger partial charge in [0.25, 0.3) is 0 Å². The number of halogens is 1. The molecular formula is C10H7FN2O2. The van der Waals surface area contributed by atoms with E-state index in [1.165, 1.54) is 12.1 Å². The Balaban J connectivity index is 2.28. The third-order valence-corrected chi connectivity index (χ3v) is 1.85. The highest BCUT2D eigenvalue weighted by atomic mass is 19.1. The van der Waals surface area contributed by atoms with Crippen LogP contribution >= 0.6 is 0 Å². The van der Waals surface area contributed by atoms with Crippen molar-refractivity contribution in [3.05, 3.63) is 36.1 Å². The van der Waals surface area contributed by atoms with E-state index in [1.807, 2.05) is 0 Å². The molecule has 76 valence electrons. The van der Waals surface area contributed by atoms with E-state index < -0.39 is 0 Å². The highest BCUT2D eigenvalue weighted by molar-refractivity contribution is 5.71. The van der Waals surface area contributed by atoms with Gasteiger partial charge in [0.15, 0.2) is 11.6 Å². The van der Waals surface area contributed by atoms with Crippen LogP contribution in [0, 0.1) is 5.82 Å². The van der Waals surface area contributed by atoms with Crippen molar-refractivity contribution in [3.8, 4) is 11.3 Å². The summed E-state index contributed by atoms with van der Waals surface area (Å²) in [5.74, 6) is 0.480. The van der Waals surface area contributed by atoms with Crippen LogP contribution in [0.15, 0.2) is 34.9 Å². The minimum atomic E-state index is -0.315. The van der Waals surface area contributed by atoms with Gasteiger partial charge >= 0.3 is 0 Å². The Hall–Kier alpha value is -2.17. The van der Waals surface area contributed by atoms with Gasteiger partial charge in [-0.2, -0.15) is 0 Å². The molecule has 0 aliphatic heterocycles. The Morgan fingerprint density at radius 2 is 2.07 bits per heavy atom. The van der Waals surface area contributed by atoms with Crippen LogP contribution in [0.3, 0.4) is 0 Å². The molecule has 0 unspecified atom stereocenters. The van der Waals surface area contributed by atoms with Gasteiger partial charge in [0.05, 0.1) is 0 Å². The number of carbonyl (C=O) groups is 1. The van der Waals surface area contributed by atoms with E-state index in [2.05, 4.69) is 10.5 Å². The normalized spacial score (nSPS) is 9.93. The molecule has 0 atom stereocenters. The van der Waals surface area contributed by atoms with Crippen molar-refractivity contribution in [2.75, 3.05) is 5.32 Å². The van der Waals surface area contributed by atoms with Gasteiger partial charge in [0.2, 0.25) is 6.41 Å². The molecule has 0 spiro atoms. The van der Waals surface area contributed by atoms with Gasteiger partial charge < -0.3 is 9.84 Å². The average Bonchev–Trinajstić information content (AvgIpc) is 2.68. The van der Waals surface area contributed by atoms with Gasteiger partial charge in [-0.25, -0.2) is 4.39 Å². The van der Waals surface area contributed by atoms with Crippen molar-refractivity contribution in [2.45, 2.75) is 0 Å². The van der Waals surface area contributed by atoms with Crippen molar-refractivity contribution in [1.82, 2.24) is 5.16 Å². The van der Waals surface area contributed by atoms with Gasteiger partial charge in [-0.3, -0.25) is 4.79 Å². The number of aromatic nitrogens is 1. The lowest BCUT2D eigenvalue weighted by molar-refractivity contribution is -0.105. The third-order valence-electron chi connectivity index (χ3n) is 1.85. The number of anilines is 1. The molecule has 0 saturated carbocycles. The number of hydrogen-bond donors (Lipinski definition) is 1. The number of amides is 1. The standard InChI is InChI=1S/C10H7FN2O2/c11-8-3-1-7(2-4-8)9-5-10(12-6-14)13-15-9/h1-6H,(H,12,13,14). The molecule has 2 aromatic rings. The molecule has 2 rings (SSSR count). The van der Waals surface area contributed by atoms with Crippen molar-refractivity contribution < 1.29 is 13.7 Å². The van der Waals surface area contributed by atoms with Gasteiger partial charge in [-0.15, -0.1) is 0 Å². The molecule has 1 heterocycles. The smallest absolute Gasteiger partial charge is 0.212 e. The summed E-state index contributed by atoms with van der Waals surface area (Å²) in [5.41, 5.74) is 0.697. The average molecular weight is 206 g/mol. The number of carbonyl (C=O) groups excluding carboxylic acids is 1. The minimum absolute atomic E-state index is 0.315. The largest absolute Gasteiger partial charge is 0.354 e. The Bertz CT molecular complexity index is 465. The molecule has 0 bridgehead atoms. The van der Waals surface area contributed by atoms with Crippen molar-refractivity contribution in [1.29, 1.82) is 0 Å². The monoisotopic (exact) mass is 206 g/mol. The Kier molecular flexibility index (Phi) is 2.45. The first-order chi connectivity index (χ1) is 7.29. The molecule has 1 aromatic heterocycles. The summed E-state index contributed by atoms with van der Waals surface area (Å²) in [6, 6.07) is 7.35.